The maximum atomic E-state index is 10.7. The van der Waals surface area contributed by atoms with Crippen LogP contribution in [-0.2, 0) is 19.3 Å². The summed E-state index contributed by atoms with van der Waals surface area (Å²) in [7, 11) is 0. The maximum absolute atomic E-state index is 10.7. The van der Waals surface area contributed by atoms with Crippen LogP contribution in [0.25, 0.3) is 0 Å². The predicted molar refractivity (Wildman–Crippen MR) is 33.1 cm³/mol. The molecular formula is C5H6N2O5. The Morgan fingerprint density at radius 2 is 1.33 bits per heavy atom. The van der Waals surface area contributed by atoms with Gasteiger partial charge in [-0.15, -0.1) is 0 Å². The molecule has 0 saturated carbocycles. The first-order valence-corrected chi connectivity index (χ1v) is 3.14. The van der Waals surface area contributed by atoms with E-state index in [9.17, 15) is 14.4 Å². The molecule has 0 aromatic rings. The zero-order valence-corrected chi connectivity index (χ0v) is 5.96. The molecule has 1 aliphatic heterocycles. The minimum absolute atomic E-state index is 0.0531. The van der Waals surface area contributed by atoms with Gasteiger partial charge in [-0.25, -0.2) is 0 Å². The van der Waals surface area contributed by atoms with Gasteiger partial charge in [0.15, 0.2) is 0 Å². The molecule has 0 spiro atoms. The molecule has 0 unspecified atom stereocenters. The number of hydroxylamine groups is 2. The van der Waals surface area contributed by atoms with Crippen molar-refractivity contribution in [3.05, 3.63) is 0 Å². The van der Waals surface area contributed by atoms with Crippen molar-refractivity contribution in [2.75, 3.05) is 0 Å². The topological polar surface area (TPSA) is 93.7 Å². The van der Waals surface area contributed by atoms with Crippen molar-refractivity contribution in [2.24, 2.45) is 0 Å². The van der Waals surface area contributed by atoms with E-state index < -0.39 is 18.0 Å². The van der Waals surface area contributed by atoms with Gasteiger partial charge in [-0.2, -0.15) is 15.8 Å². The minimum Gasteiger partial charge on any atom is -0.304 e. The van der Waals surface area contributed by atoms with E-state index in [-0.39, 0.29) is 12.8 Å². The monoisotopic (exact) mass is 174 g/mol. The van der Waals surface area contributed by atoms with E-state index in [0.717, 1.165) is 0 Å². The third-order valence-electron chi connectivity index (χ3n) is 1.08. The largest absolute Gasteiger partial charge is 0.558 e. The van der Waals surface area contributed by atoms with Crippen LogP contribution in [0.5, 0.6) is 0 Å². The van der Waals surface area contributed by atoms with Gasteiger partial charge < -0.3 is 9.68 Å². The Morgan fingerprint density at radius 1 is 0.917 bits per heavy atom. The zero-order chi connectivity index (χ0) is 8.97. The van der Waals surface area contributed by atoms with Crippen molar-refractivity contribution in [2.45, 2.75) is 12.8 Å². The molecule has 0 aliphatic carbocycles. The van der Waals surface area contributed by atoms with Crippen LogP contribution in [0.4, 0.5) is 4.79 Å². The van der Waals surface area contributed by atoms with Gasteiger partial charge >= 0.3 is 6.16 Å². The molecule has 1 heterocycles. The maximum Gasteiger partial charge on any atom is 0.558 e. The first kappa shape index (κ1) is 8.31. The highest BCUT2D eigenvalue weighted by atomic mass is 16.9. The molecular weight excluding hydrogens is 168 g/mol. The van der Waals surface area contributed by atoms with Crippen LogP contribution in [0.1, 0.15) is 12.8 Å². The average molecular weight is 174 g/mol. The molecule has 0 bridgehead atoms. The third kappa shape index (κ3) is 2.45. The lowest BCUT2D eigenvalue weighted by Gasteiger charge is -2.00. The number of nitrogens with one attached hydrogen (secondary N) is 2. The van der Waals surface area contributed by atoms with E-state index in [2.05, 4.69) is 9.68 Å². The molecule has 7 nitrogen and oxygen atoms in total. The number of carbonyl (C=O) groups excluding carboxylic acids is 3. The second-order valence-electron chi connectivity index (χ2n) is 2.00. The Labute approximate surface area is 66.9 Å². The fourth-order valence-electron chi connectivity index (χ4n) is 0.547. The number of hydrogen-bond acceptors (Lipinski definition) is 5. The van der Waals surface area contributed by atoms with Gasteiger partial charge in [-0.3, -0.25) is 9.59 Å². The average Bonchev–Trinajstić information content (AvgIpc) is 2.11. The van der Waals surface area contributed by atoms with Crippen molar-refractivity contribution in [1.82, 2.24) is 11.0 Å². The van der Waals surface area contributed by atoms with Gasteiger partial charge in [0.05, 0.1) is 0 Å². The zero-order valence-electron chi connectivity index (χ0n) is 5.96. The lowest BCUT2D eigenvalue weighted by atomic mass is 10.3. The van der Waals surface area contributed by atoms with Crippen molar-refractivity contribution < 1.29 is 24.1 Å². The highest BCUT2D eigenvalue weighted by molar-refractivity contribution is 5.84. The number of carbonyl (C=O) groups is 3. The second kappa shape index (κ2) is 3.56. The molecule has 7 heteroatoms. The molecule has 0 radical (unpaired) electrons. The molecule has 0 aromatic carbocycles. The first-order chi connectivity index (χ1) is 5.68. The summed E-state index contributed by atoms with van der Waals surface area (Å²) < 4.78 is 0. The first-order valence-electron chi connectivity index (χ1n) is 3.14. The number of rotatable bonds is 0. The van der Waals surface area contributed by atoms with E-state index in [0.29, 0.717) is 0 Å². The fraction of sp³-hybridized carbons (Fsp3) is 0.400. The fourth-order valence-corrected chi connectivity index (χ4v) is 0.547. The lowest BCUT2D eigenvalue weighted by molar-refractivity contribution is -0.131. The van der Waals surface area contributed by atoms with E-state index in [1.54, 1.807) is 11.0 Å². The van der Waals surface area contributed by atoms with Crippen molar-refractivity contribution in [1.29, 1.82) is 0 Å². The van der Waals surface area contributed by atoms with E-state index in [4.69, 9.17) is 0 Å². The molecule has 66 valence electrons. The van der Waals surface area contributed by atoms with Crippen molar-refractivity contribution in [3.63, 3.8) is 0 Å². The number of amides is 2. The Bertz CT molecular complexity index is 170. The second-order valence-corrected chi connectivity index (χ2v) is 2.00. The van der Waals surface area contributed by atoms with Gasteiger partial charge in [0.2, 0.25) is 0 Å². The molecule has 12 heavy (non-hydrogen) atoms. The van der Waals surface area contributed by atoms with Gasteiger partial charge in [0.1, 0.15) is 0 Å². The standard InChI is InChI=1S/C5H6N2O5/c8-3-1-2-4(9)7-12-5(10)11-6-3/h1-2H2,(H,6,8)(H,7,9). The number of hydrogen-bond donors (Lipinski definition) is 2. The van der Waals surface area contributed by atoms with Crippen LogP contribution in [0.2, 0.25) is 0 Å². The van der Waals surface area contributed by atoms with Gasteiger partial charge in [-0.05, 0) is 0 Å². The Hall–Kier alpha value is -1.79. The SMILES string of the molecule is O=C1CCC(=O)NOC(=O)ON1. The molecule has 2 amide bonds. The molecule has 1 saturated heterocycles. The summed E-state index contributed by atoms with van der Waals surface area (Å²) in [5, 5.41) is 0. The summed E-state index contributed by atoms with van der Waals surface area (Å²) in [6.45, 7) is 0. The lowest BCUT2D eigenvalue weighted by Crippen LogP contribution is -2.28. The quantitative estimate of drug-likeness (QED) is 0.491. The third-order valence-corrected chi connectivity index (χ3v) is 1.08. The molecule has 2 N–H and O–H groups in total. The summed E-state index contributed by atoms with van der Waals surface area (Å²) in [6.07, 6.45) is -1.29. The van der Waals surface area contributed by atoms with Gasteiger partial charge in [0, 0.05) is 12.8 Å². The van der Waals surface area contributed by atoms with Crippen LogP contribution in [0, 0.1) is 0 Å². The van der Waals surface area contributed by atoms with E-state index >= 15 is 0 Å². The Morgan fingerprint density at radius 3 is 1.75 bits per heavy atom. The molecule has 0 atom stereocenters. The summed E-state index contributed by atoms with van der Waals surface area (Å²) in [6, 6.07) is 0. The van der Waals surface area contributed by atoms with Crippen LogP contribution in [-0.4, -0.2) is 18.0 Å². The molecule has 1 fully saturated rings. The highest BCUT2D eigenvalue weighted by Gasteiger charge is 2.15. The summed E-state index contributed by atoms with van der Waals surface area (Å²) >= 11 is 0. The van der Waals surface area contributed by atoms with Crippen LogP contribution < -0.4 is 11.0 Å². The smallest absolute Gasteiger partial charge is 0.304 e. The predicted octanol–water partition coefficient (Wildman–Crippen LogP) is -1.00. The van der Waals surface area contributed by atoms with Crippen molar-refractivity contribution in [3.8, 4) is 0 Å². The summed E-state index contributed by atoms with van der Waals surface area (Å²) in [5.74, 6) is -1.10. The van der Waals surface area contributed by atoms with Crippen LogP contribution >= 0.6 is 0 Å². The highest BCUT2D eigenvalue weighted by Crippen LogP contribution is 1.92. The van der Waals surface area contributed by atoms with Crippen LogP contribution in [0.3, 0.4) is 0 Å². The van der Waals surface area contributed by atoms with Gasteiger partial charge in [-0.1, -0.05) is 0 Å². The summed E-state index contributed by atoms with van der Waals surface area (Å²) in [5.41, 5.74) is 3.58. The van der Waals surface area contributed by atoms with E-state index in [1.165, 1.54) is 0 Å². The minimum atomic E-state index is -1.18. The van der Waals surface area contributed by atoms with Crippen LogP contribution in [0.15, 0.2) is 0 Å². The summed E-state index contributed by atoms with van der Waals surface area (Å²) in [4.78, 5) is 39.8. The van der Waals surface area contributed by atoms with Gasteiger partial charge in [0.25, 0.3) is 11.8 Å². The molecule has 1 rings (SSSR count). The van der Waals surface area contributed by atoms with Crippen molar-refractivity contribution >= 4 is 18.0 Å². The Balaban J connectivity index is 2.52. The normalized spacial score (nSPS) is 18.8. The van der Waals surface area contributed by atoms with E-state index in [1.807, 2.05) is 0 Å². The molecule has 1 aliphatic rings. The molecule has 0 aromatic heterocycles. The Kier molecular flexibility index (Phi) is 2.46.